The van der Waals surface area contributed by atoms with E-state index in [1.165, 1.54) is 0 Å². The van der Waals surface area contributed by atoms with Gasteiger partial charge in [-0.25, -0.2) is 4.79 Å². The lowest BCUT2D eigenvalue weighted by molar-refractivity contribution is -0.193. The molecule has 0 radical (unpaired) electrons. The summed E-state index contributed by atoms with van der Waals surface area (Å²) < 4.78 is 10.6. The van der Waals surface area contributed by atoms with Crippen LogP contribution in [0.2, 0.25) is 0 Å². The highest BCUT2D eigenvalue weighted by atomic mass is 16.6. The molecular weight excluding hydrogens is 184 g/mol. The van der Waals surface area contributed by atoms with E-state index in [4.69, 9.17) is 9.47 Å². The Morgan fingerprint density at radius 2 is 2.29 bits per heavy atom. The Morgan fingerprint density at radius 3 is 2.79 bits per heavy atom. The Balaban J connectivity index is 2.84. The maximum Gasteiger partial charge on any atom is 0.338 e. The molecule has 2 atom stereocenters. The van der Waals surface area contributed by atoms with E-state index < -0.39 is 11.6 Å². The topological polar surface area (TPSA) is 55.8 Å². The first-order valence-corrected chi connectivity index (χ1v) is 5.07. The Labute approximate surface area is 84.2 Å². The van der Waals surface area contributed by atoms with E-state index in [2.05, 4.69) is 0 Å². The quantitative estimate of drug-likeness (QED) is 0.749. The lowest BCUT2D eigenvalue weighted by Gasteiger charge is -2.39. The van der Waals surface area contributed by atoms with Crippen molar-refractivity contribution < 1.29 is 19.4 Å². The van der Waals surface area contributed by atoms with Gasteiger partial charge in [0.05, 0.1) is 6.10 Å². The average Bonchev–Trinajstić information content (AvgIpc) is 2.18. The van der Waals surface area contributed by atoms with Crippen LogP contribution in [0.3, 0.4) is 0 Å². The molecule has 14 heavy (non-hydrogen) atoms. The first kappa shape index (κ1) is 11.5. The van der Waals surface area contributed by atoms with Gasteiger partial charge in [-0.2, -0.15) is 0 Å². The molecule has 1 rings (SSSR count). The van der Waals surface area contributed by atoms with Crippen LogP contribution in [-0.4, -0.2) is 36.5 Å². The first-order valence-electron chi connectivity index (χ1n) is 5.07. The molecule has 82 valence electrons. The van der Waals surface area contributed by atoms with Crippen molar-refractivity contribution in [2.24, 2.45) is 0 Å². The van der Waals surface area contributed by atoms with Crippen LogP contribution in [0, 0.1) is 0 Å². The van der Waals surface area contributed by atoms with Gasteiger partial charge in [-0.05, 0) is 26.2 Å². The molecule has 0 bridgehead atoms. The minimum Gasteiger partial charge on any atom is -0.479 e. The first-order chi connectivity index (χ1) is 6.67. The Hall–Kier alpha value is -0.610. The van der Waals surface area contributed by atoms with E-state index in [-0.39, 0.29) is 6.10 Å². The van der Waals surface area contributed by atoms with Crippen molar-refractivity contribution in [2.45, 2.75) is 44.3 Å². The van der Waals surface area contributed by atoms with Gasteiger partial charge >= 0.3 is 5.97 Å². The molecule has 0 saturated heterocycles. The van der Waals surface area contributed by atoms with Crippen molar-refractivity contribution in [1.82, 2.24) is 0 Å². The van der Waals surface area contributed by atoms with E-state index >= 15 is 0 Å². The molecule has 4 heteroatoms. The van der Waals surface area contributed by atoms with E-state index in [1.54, 1.807) is 7.11 Å². The molecule has 1 aliphatic rings. The summed E-state index contributed by atoms with van der Waals surface area (Å²) in [5.41, 5.74) is -1.11. The van der Waals surface area contributed by atoms with Gasteiger partial charge in [0.2, 0.25) is 0 Å². The SMILES string of the molecule is CCOC1(C(=O)O)CCCCC1OC. The van der Waals surface area contributed by atoms with E-state index in [9.17, 15) is 9.90 Å². The van der Waals surface area contributed by atoms with Crippen LogP contribution in [0.1, 0.15) is 32.6 Å². The third kappa shape index (κ3) is 1.91. The molecule has 1 fully saturated rings. The van der Waals surface area contributed by atoms with Crippen molar-refractivity contribution in [3.63, 3.8) is 0 Å². The predicted molar refractivity (Wildman–Crippen MR) is 51.3 cm³/mol. The Bertz CT molecular complexity index is 200. The second kappa shape index (κ2) is 4.75. The summed E-state index contributed by atoms with van der Waals surface area (Å²) in [5, 5.41) is 9.22. The number of carboxylic acids is 1. The fraction of sp³-hybridized carbons (Fsp3) is 0.900. The third-order valence-electron chi connectivity index (χ3n) is 2.83. The number of aliphatic carboxylic acids is 1. The average molecular weight is 202 g/mol. The van der Waals surface area contributed by atoms with Crippen molar-refractivity contribution >= 4 is 5.97 Å². The van der Waals surface area contributed by atoms with Crippen LogP contribution in [0.15, 0.2) is 0 Å². The van der Waals surface area contributed by atoms with Crippen LogP contribution < -0.4 is 0 Å². The van der Waals surface area contributed by atoms with Crippen molar-refractivity contribution in [3.05, 3.63) is 0 Å². The van der Waals surface area contributed by atoms with Crippen LogP contribution in [0.5, 0.6) is 0 Å². The second-order valence-corrected chi connectivity index (χ2v) is 3.60. The fourth-order valence-corrected chi connectivity index (χ4v) is 2.15. The standard InChI is InChI=1S/C10H18O4/c1-3-14-10(9(11)12)7-5-4-6-8(10)13-2/h8H,3-7H2,1-2H3,(H,11,12). The summed E-state index contributed by atoms with van der Waals surface area (Å²) >= 11 is 0. The number of hydrogen-bond donors (Lipinski definition) is 1. The van der Waals surface area contributed by atoms with Crippen molar-refractivity contribution in [3.8, 4) is 0 Å². The summed E-state index contributed by atoms with van der Waals surface area (Å²) in [6, 6.07) is 0. The molecule has 2 unspecified atom stereocenters. The Kier molecular flexibility index (Phi) is 3.89. The molecule has 0 aliphatic heterocycles. The molecule has 0 heterocycles. The number of methoxy groups -OCH3 is 1. The summed E-state index contributed by atoms with van der Waals surface area (Å²) in [7, 11) is 1.55. The normalized spacial score (nSPS) is 32.9. The molecule has 4 nitrogen and oxygen atoms in total. The zero-order valence-electron chi connectivity index (χ0n) is 8.78. The summed E-state index contributed by atoms with van der Waals surface area (Å²) in [4.78, 5) is 11.2. The van der Waals surface area contributed by atoms with Crippen molar-refractivity contribution in [1.29, 1.82) is 0 Å². The van der Waals surface area contributed by atoms with E-state index in [0.29, 0.717) is 13.0 Å². The van der Waals surface area contributed by atoms with Gasteiger partial charge in [0.25, 0.3) is 0 Å². The van der Waals surface area contributed by atoms with Gasteiger partial charge in [0, 0.05) is 13.7 Å². The highest BCUT2D eigenvalue weighted by molar-refractivity contribution is 5.78. The maximum absolute atomic E-state index is 11.2. The molecule has 0 aromatic heterocycles. The van der Waals surface area contributed by atoms with Gasteiger partial charge in [-0.3, -0.25) is 0 Å². The lowest BCUT2D eigenvalue weighted by atomic mass is 9.82. The predicted octanol–water partition coefficient (Wildman–Crippen LogP) is 1.44. The summed E-state index contributed by atoms with van der Waals surface area (Å²) in [5.74, 6) is -0.897. The number of ether oxygens (including phenoxy) is 2. The molecule has 1 N–H and O–H groups in total. The number of carboxylic acid groups (broad SMARTS) is 1. The summed E-state index contributed by atoms with van der Waals surface area (Å²) in [6.45, 7) is 2.22. The molecule has 0 amide bonds. The summed E-state index contributed by atoms with van der Waals surface area (Å²) in [6.07, 6.45) is 2.92. The van der Waals surface area contributed by atoms with Crippen molar-refractivity contribution in [2.75, 3.05) is 13.7 Å². The van der Waals surface area contributed by atoms with Gasteiger partial charge in [0.15, 0.2) is 5.60 Å². The van der Waals surface area contributed by atoms with Gasteiger partial charge in [0.1, 0.15) is 0 Å². The molecule has 0 spiro atoms. The van der Waals surface area contributed by atoms with Crippen LogP contribution in [0.4, 0.5) is 0 Å². The van der Waals surface area contributed by atoms with Crippen LogP contribution in [-0.2, 0) is 14.3 Å². The number of rotatable bonds is 4. The number of hydrogen-bond acceptors (Lipinski definition) is 3. The highest BCUT2D eigenvalue weighted by Crippen LogP contribution is 2.34. The highest BCUT2D eigenvalue weighted by Gasteiger charge is 2.48. The minimum absolute atomic E-state index is 0.311. The molecule has 0 aromatic carbocycles. The zero-order valence-corrected chi connectivity index (χ0v) is 8.78. The van der Waals surface area contributed by atoms with Gasteiger partial charge in [-0.1, -0.05) is 6.42 Å². The van der Waals surface area contributed by atoms with Crippen LogP contribution in [0.25, 0.3) is 0 Å². The Morgan fingerprint density at radius 1 is 1.57 bits per heavy atom. The molecule has 0 aromatic rings. The molecule has 1 saturated carbocycles. The zero-order chi connectivity index (χ0) is 10.6. The van der Waals surface area contributed by atoms with E-state index in [0.717, 1.165) is 19.3 Å². The largest absolute Gasteiger partial charge is 0.479 e. The van der Waals surface area contributed by atoms with Gasteiger partial charge in [-0.15, -0.1) is 0 Å². The number of carbonyl (C=O) groups is 1. The maximum atomic E-state index is 11.2. The van der Waals surface area contributed by atoms with Crippen LogP contribution >= 0.6 is 0 Å². The third-order valence-corrected chi connectivity index (χ3v) is 2.83. The van der Waals surface area contributed by atoms with Gasteiger partial charge < -0.3 is 14.6 Å². The minimum atomic E-state index is -1.11. The van der Waals surface area contributed by atoms with E-state index in [1.807, 2.05) is 6.92 Å². The molecular formula is C10H18O4. The lowest BCUT2D eigenvalue weighted by Crippen LogP contribution is -2.54. The fourth-order valence-electron chi connectivity index (χ4n) is 2.15. The smallest absolute Gasteiger partial charge is 0.338 e. The molecule has 1 aliphatic carbocycles. The second-order valence-electron chi connectivity index (χ2n) is 3.60. The monoisotopic (exact) mass is 202 g/mol.